The fourth-order valence-corrected chi connectivity index (χ4v) is 2.66. The Morgan fingerprint density at radius 3 is 2.68 bits per heavy atom. The number of likely N-dealkylation sites (N-methyl/N-ethyl adjacent to an activating group) is 1. The van der Waals surface area contributed by atoms with E-state index < -0.39 is 0 Å². The molecular formula is C18H21N3O. The number of benzene rings is 2. The van der Waals surface area contributed by atoms with Gasteiger partial charge >= 0.3 is 0 Å². The third-order valence-electron chi connectivity index (χ3n) is 3.80. The minimum absolute atomic E-state index is 0.0233. The Morgan fingerprint density at radius 1 is 1.18 bits per heavy atom. The van der Waals surface area contributed by atoms with Gasteiger partial charge in [-0.25, -0.2) is 4.99 Å². The number of ether oxygens (including phenoxy) is 1. The van der Waals surface area contributed by atoms with E-state index >= 15 is 0 Å². The van der Waals surface area contributed by atoms with Crippen molar-refractivity contribution in [1.29, 1.82) is 0 Å². The first-order chi connectivity index (χ1) is 10.7. The van der Waals surface area contributed by atoms with E-state index in [1.807, 2.05) is 24.3 Å². The van der Waals surface area contributed by atoms with E-state index in [4.69, 9.17) is 15.5 Å². The summed E-state index contributed by atoms with van der Waals surface area (Å²) >= 11 is 0. The summed E-state index contributed by atoms with van der Waals surface area (Å²) in [5.74, 6) is 1.75. The number of hydrogen-bond donors (Lipinski definition) is 1. The summed E-state index contributed by atoms with van der Waals surface area (Å²) < 4.78 is 6.08. The highest BCUT2D eigenvalue weighted by Gasteiger charge is 2.26. The van der Waals surface area contributed by atoms with Crippen molar-refractivity contribution in [3.8, 4) is 5.75 Å². The lowest BCUT2D eigenvalue weighted by Gasteiger charge is -2.31. The van der Waals surface area contributed by atoms with E-state index in [2.05, 4.69) is 43.1 Å². The van der Waals surface area contributed by atoms with Gasteiger partial charge in [0.05, 0.1) is 0 Å². The third kappa shape index (κ3) is 2.91. The van der Waals surface area contributed by atoms with Crippen molar-refractivity contribution in [2.24, 2.45) is 4.99 Å². The van der Waals surface area contributed by atoms with Crippen LogP contribution in [0, 0.1) is 0 Å². The topological polar surface area (TPSA) is 50.9 Å². The maximum atomic E-state index is 6.08. The molecule has 0 spiro atoms. The average molecular weight is 295 g/mol. The van der Waals surface area contributed by atoms with Crippen LogP contribution >= 0.6 is 0 Å². The third-order valence-corrected chi connectivity index (χ3v) is 3.80. The van der Waals surface area contributed by atoms with Crippen molar-refractivity contribution in [2.45, 2.75) is 26.0 Å². The van der Waals surface area contributed by atoms with Crippen LogP contribution in [0.4, 0.5) is 11.4 Å². The van der Waals surface area contributed by atoms with Gasteiger partial charge in [0.15, 0.2) is 6.10 Å². The lowest BCUT2D eigenvalue weighted by Crippen LogP contribution is -2.40. The molecule has 4 nitrogen and oxygen atoms in total. The van der Waals surface area contributed by atoms with E-state index in [0.29, 0.717) is 5.69 Å². The van der Waals surface area contributed by atoms with Gasteiger partial charge in [-0.2, -0.15) is 0 Å². The van der Waals surface area contributed by atoms with Crippen molar-refractivity contribution in [1.82, 2.24) is 4.90 Å². The molecule has 1 aliphatic rings. The first-order valence-corrected chi connectivity index (χ1v) is 7.57. The predicted molar refractivity (Wildman–Crippen MR) is 90.6 cm³/mol. The van der Waals surface area contributed by atoms with Crippen LogP contribution < -0.4 is 10.5 Å². The number of amidine groups is 1. The average Bonchev–Trinajstić information content (AvgIpc) is 2.54. The van der Waals surface area contributed by atoms with Gasteiger partial charge in [0.2, 0.25) is 0 Å². The quantitative estimate of drug-likeness (QED) is 0.880. The van der Waals surface area contributed by atoms with Crippen molar-refractivity contribution in [2.75, 3.05) is 12.8 Å². The highest BCUT2D eigenvalue weighted by Crippen LogP contribution is 2.35. The SMILES string of the molecule is CCC1Oc2ccc(N)cc2N=C1N(C)Cc1ccccc1. The summed E-state index contributed by atoms with van der Waals surface area (Å²) in [5.41, 5.74) is 8.61. The standard InChI is InChI=1S/C18H21N3O/c1-3-16-18(21(2)12-13-7-5-4-6-8-13)20-15-11-14(19)9-10-17(15)22-16/h4-11,16H,3,12,19H2,1-2H3. The van der Waals surface area contributed by atoms with Crippen LogP contribution in [0.3, 0.4) is 0 Å². The Kier molecular flexibility index (Phi) is 4.00. The molecule has 1 heterocycles. The van der Waals surface area contributed by atoms with Crippen LogP contribution in [-0.4, -0.2) is 23.9 Å². The Labute approximate surface area is 131 Å². The van der Waals surface area contributed by atoms with Crippen LogP contribution in [0.25, 0.3) is 0 Å². The van der Waals surface area contributed by atoms with Gasteiger partial charge in [0, 0.05) is 19.3 Å². The minimum Gasteiger partial charge on any atom is -0.480 e. The summed E-state index contributed by atoms with van der Waals surface area (Å²) in [5, 5.41) is 0. The van der Waals surface area contributed by atoms with Gasteiger partial charge in [-0.3, -0.25) is 0 Å². The molecule has 0 aliphatic carbocycles. The van der Waals surface area contributed by atoms with Crippen molar-refractivity contribution < 1.29 is 4.74 Å². The zero-order chi connectivity index (χ0) is 15.5. The molecule has 0 saturated carbocycles. The van der Waals surface area contributed by atoms with Crippen LogP contribution in [0.2, 0.25) is 0 Å². The summed E-state index contributed by atoms with van der Waals surface area (Å²) in [6.07, 6.45) is 0.853. The van der Waals surface area contributed by atoms with Crippen LogP contribution in [0.5, 0.6) is 5.75 Å². The van der Waals surface area contributed by atoms with Gasteiger partial charge < -0.3 is 15.4 Å². The van der Waals surface area contributed by atoms with Crippen molar-refractivity contribution in [3.63, 3.8) is 0 Å². The summed E-state index contributed by atoms with van der Waals surface area (Å²) in [4.78, 5) is 6.94. The second-order valence-corrected chi connectivity index (χ2v) is 5.55. The molecule has 2 N–H and O–H groups in total. The molecule has 4 heteroatoms. The number of nitrogen functional groups attached to an aromatic ring is 1. The molecule has 0 radical (unpaired) electrons. The molecule has 1 atom stereocenters. The second-order valence-electron chi connectivity index (χ2n) is 5.55. The first-order valence-electron chi connectivity index (χ1n) is 7.57. The molecule has 2 aromatic rings. The highest BCUT2D eigenvalue weighted by molar-refractivity contribution is 5.91. The molecule has 0 aromatic heterocycles. The van der Waals surface area contributed by atoms with Crippen LogP contribution in [0.1, 0.15) is 18.9 Å². The minimum atomic E-state index is -0.0233. The van der Waals surface area contributed by atoms with E-state index in [1.165, 1.54) is 5.56 Å². The zero-order valence-electron chi connectivity index (χ0n) is 13.0. The fourth-order valence-electron chi connectivity index (χ4n) is 2.66. The number of aliphatic imine (C=N–C) groups is 1. The molecule has 114 valence electrons. The van der Waals surface area contributed by atoms with E-state index in [1.54, 1.807) is 0 Å². The molecule has 0 bridgehead atoms. The number of nitrogens with zero attached hydrogens (tertiary/aromatic N) is 2. The molecule has 1 aliphatic heterocycles. The molecule has 0 fully saturated rings. The molecule has 2 aromatic carbocycles. The summed E-state index contributed by atoms with van der Waals surface area (Å²) in [6.45, 7) is 2.91. The largest absolute Gasteiger partial charge is 0.480 e. The zero-order valence-corrected chi connectivity index (χ0v) is 13.0. The van der Waals surface area contributed by atoms with E-state index in [9.17, 15) is 0 Å². The Morgan fingerprint density at radius 2 is 1.95 bits per heavy atom. The molecule has 3 rings (SSSR count). The highest BCUT2D eigenvalue weighted by atomic mass is 16.5. The monoisotopic (exact) mass is 295 g/mol. The normalized spacial score (nSPS) is 16.5. The number of hydrogen-bond acceptors (Lipinski definition) is 4. The fraction of sp³-hybridized carbons (Fsp3) is 0.278. The van der Waals surface area contributed by atoms with Crippen LogP contribution in [0.15, 0.2) is 53.5 Å². The summed E-state index contributed by atoms with van der Waals surface area (Å²) in [7, 11) is 2.05. The van der Waals surface area contributed by atoms with Gasteiger partial charge in [0.25, 0.3) is 0 Å². The van der Waals surface area contributed by atoms with Crippen molar-refractivity contribution in [3.05, 3.63) is 54.1 Å². The number of nitrogens with two attached hydrogens (primary N) is 1. The Hall–Kier alpha value is -2.49. The van der Waals surface area contributed by atoms with E-state index in [0.717, 1.165) is 30.2 Å². The van der Waals surface area contributed by atoms with Gasteiger partial charge in [-0.05, 0) is 30.2 Å². The van der Waals surface area contributed by atoms with Gasteiger partial charge in [0.1, 0.15) is 17.3 Å². The molecule has 1 unspecified atom stereocenters. The lowest BCUT2D eigenvalue weighted by molar-refractivity contribution is 0.238. The maximum absolute atomic E-state index is 6.08. The van der Waals surface area contributed by atoms with E-state index in [-0.39, 0.29) is 6.10 Å². The number of rotatable bonds is 3. The smallest absolute Gasteiger partial charge is 0.156 e. The van der Waals surface area contributed by atoms with Crippen molar-refractivity contribution >= 4 is 17.2 Å². The lowest BCUT2D eigenvalue weighted by atomic mass is 10.1. The first kappa shape index (κ1) is 14.4. The molecule has 0 saturated heterocycles. The molecule has 0 amide bonds. The Balaban J connectivity index is 1.89. The Bertz CT molecular complexity index is 682. The van der Waals surface area contributed by atoms with Gasteiger partial charge in [-0.15, -0.1) is 0 Å². The molecule has 22 heavy (non-hydrogen) atoms. The predicted octanol–water partition coefficient (Wildman–Crippen LogP) is 3.60. The number of fused-ring (bicyclic) bond motifs is 1. The number of anilines is 1. The summed E-state index contributed by atoms with van der Waals surface area (Å²) in [6, 6.07) is 16.0. The van der Waals surface area contributed by atoms with Gasteiger partial charge in [-0.1, -0.05) is 37.3 Å². The second kappa shape index (κ2) is 6.10. The molecular weight excluding hydrogens is 274 g/mol. The van der Waals surface area contributed by atoms with Crippen LogP contribution in [-0.2, 0) is 6.54 Å². The maximum Gasteiger partial charge on any atom is 0.156 e.